The average Bonchev–Trinajstić information content (AvgIpc) is 2.21. The summed E-state index contributed by atoms with van der Waals surface area (Å²) in [7, 11) is -2.84. The highest BCUT2D eigenvalue weighted by molar-refractivity contribution is 7.91. The van der Waals surface area contributed by atoms with Gasteiger partial charge in [-0.15, -0.1) is 0 Å². The molecule has 1 aromatic carbocycles. The van der Waals surface area contributed by atoms with Gasteiger partial charge in [-0.3, -0.25) is 0 Å². The van der Waals surface area contributed by atoms with Crippen LogP contribution in [0.15, 0.2) is 18.2 Å². The molecule has 3 nitrogen and oxygen atoms in total. The van der Waals surface area contributed by atoms with Crippen LogP contribution in [-0.2, 0) is 16.3 Å². The van der Waals surface area contributed by atoms with Crippen molar-refractivity contribution in [3.05, 3.63) is 34.9 Å². The first-order valence-electron chi connectivity index (χ1n) is 5.96. The fourth-order valence-corrected chi connectivity index (χ4v) is 3.78. The van der Waals surface area contributed by atoms with E-state index in [0.29, 0.717) is 6.54 Å². The fourth-order valence-electron chi connectivity index (χ4n) is 2.34. The second kappa shape index (κ2) is 4.78. The molecule has 1 heterocycles. The summed E-state index contributed by atoms with van der Waals surface area (Å²) >= 11 is 0. The van der Waals surface area contributed by atoms with Crippen LogP contribution in [0.1, 0.15) is 16.7 Å². The van der Waals surface area contributed by atoms with Crippen LogP contribution >= 0.6 is 0 Å². The van der Waals surface area contributed by atoms with E-state index in [-0.39, 0.29) is 17.5 Å². The van der Waals surface area contributed by atoms with Crippen LogP contribution in [0, 0.1) is 13.8 Å². The molecule has 17 heavy (non-hydrogen) atoms. The van der Waals surface area contributed by atoms with E-state index in [4.69, 9.17) is 0 Å². The molecule has 1 unspecified atom stereocenters. The number of sulfone groups is 1. The molecule has 94 valence electrons. The lowest BCUT2D eigenvalue weighted by Crippen LogP contribution is -2.46. The van der Waals surface area contributed by atoms with Gasteiger partial charge in [-0.25, -0.2) is 8.42 Å². The largest absolute Gasteiger partial charge is 0.312 e. The molecule has 0 aromatic heterocycles. The molecule has 1 aliphatic rings. The molecular weight excluding hydrogens is 234 g/mol. The molecule has 1 aromatic rings. The van der Waals surface area contributed by atoms with Gasteiger partial charge in [-0.1, -0.05) is 23.8 Å². The summed E-state index contributed by atoms with van der Waals surface area (Å²) < 4.78 is 23.1. The van der Waals surface area contributed by atoms with E-state index >= 15 is 0 Å². The van der Waals surface area contributed by atoms with Gasteiger partial charge in [0.15, 0.2) is 9.84 Å². The maximum absolute atomic E-state index is 11.6. The lowest BCUT2D eigenvalue weighted by Gasteiger charge is -2.24. The fraction of sp³-hybridized carbons (Fsp3) is 0.538. The Morgan fingerprint density at radius 3 is 2.76 bits per heavy atom. The molecular formula is C13H19NO2S. The summed E-state index contributed by atoms with van der Waals surface area (Å²) in [4.78, 5) is 0. The van der Waals surface area contributed by atoms with Crippen molar-refractivity contribution in [2.45, 2.75) is 26.3 Å². The first-order valence-corrected chi connectivity index (χ1v) is 7.78. The number of rotatable bonds is 2. The average molecular weight is 253 g/mol. The van der Waals surface area contributed by atoms with Crippen LogP contribution in [0.25, 0.3) is 0 Å². The molecule has 1 aliphatic heterocycles. The zero-order chi connectivity index (χ0) is 12.5. The number of hydrogen-bond acceptors (Lipinski definition) is 3. The zero-order valence-electron chi connectivity index (χ0n) is 10.4. The summed E-state index contributed by atoms with van der Waals surface area (Å²) in [5.74, 6) is 0.538. The Labute approximate surface area is 103 Å². The van der Waals surface area contributed by atoms with Crippen molar-refractivity contribution >= 4 is 9.84 Å². The molecule has 0 spiro atoms. The molecule has 4 heteroatoms. The first-order chi connectivity index (χ1) is 7.96. The second-order valence-electron chi connectivity index (χ2n) is 4.90. The smallest absolute Gasteiger partial charge is 0.153 e. The molecule has 0 radical (unpaired) electrons. The number of hydrogen-bond donors (Lipinski definition) is 1. The minimum atomic E-state index is -2.84. The molecule has 1 fully saturated rings. The Kier molecular flexibility index (Phi) is 3.54. The highest BCUT2D eigenvalue weighted by Crippen LogP contribution is 2.14. The lowest BCUT2D eigenvalue weighted by atomic mass is 10.00. The Morgan fingerprint density at radius 1 is 1.35 bits per heavy atom. The standard InChI is InChI=1S/C13H19NO2S/c1-10-3-4-12(11(2)7-10)8-13-9-17(15,16)6-5-14-13/h3-4,7,13-14H,5-6,8-9H2,1-2H3. The van der Waals surface area contributed by atoms with Crippen LogP contribution in [0.2, 0.25) is 0 Å². The Hall–Kier alpha value is -0.870. The quantitative estimate of drug-likeness (QED) is 0.862. The van der Waals surface area contributed by atoms with E-state index in [2.05, 4.69) is 37.4 Å². The Balaban J connectivity index is 2.10. The van der Waals surface area contributed by atoms with E-state index < -0.39 is 9.84 Å². The van der Waals surface area contributed by atoms with E-state index in [1.54, 1.807) is 0 Å². The van der Waals surface area contributed by atoms with Crippen molar-refractivity contribution in [3.63, 3.8) is 0 Å². The third-order valence-corrected chi connectivity index (χ3v) is 5.00. The van der Waals surface area contributed by atoms with Crippen molar-refractivity contribution in [2.24, 2.45) is 0 Å². The molecule has 1 saturated heterocycles. The maximum Gasteiger partial charge on any atom is 0.153 e. The van der Waals surface area contributed by atoms with Gasteiger partial charge in [0.05, 0.1) is 11.5 Å². The van der Waals surface area contributed by atoms with Gasteiger partial charge in [0.25, 0.3) is 0 Å². The van der Waals surface area contributed by atoms with E-state index in [0.717, 1.165) is 6.42 Å². The number of benzene rings is 1. The van der Waals surface area contributed by atoms with Gasteiger partial charge < -0.3 is 5.32 Å². The Morgan fingerprint density at radius 2 is 2.12 bits per heavy atom. The van der Waals surface area contributed by atoms with Gasteiger partial charge in [-0.05, 0) is 31.4 Å². The molecule has 2 rings (SSSR count). The highest BCUT2D eigenvalue weighted by Gasteiger charge is 2.24. The minimum absolute atomic E-state index is 0.0650. The highest BCUT2D eigenvalue weighted by atomic mass is 32.2. The predicted molar refractivity (Wildman–Crippen MR) is 70.1 cm³/mol. The van der Waals surface area contributed by atoms with E-state index in [9.17, 15) is 8.42 Å². The van der Waals surface area contributed by atoms with Gasteiger partial charge in [0.1, 0.15) is 0 Å². The minimum Gasteiger partial charge on any atom is -0.312 e. The van der Waals surface area contributed by atoms with Crippen LogP contribution < -0.4 is 5.32 Å². The number of aryl methyl sites for hydroxylation is 2. The molecule has 1 atom stereocenters. The summed E-state index contributed by atoms with van der Waals surface area (Å²) in [5.41, 5.74) is 3.73. The van der Waals surface area contributed by atoms with Gasteiger partial charge in [-0.2, -0.15) is 0 Å². The van der Waals surface area contributed by atoms with Crippen molar-refractivity contribution < 1.29 is 8.42 Å². The summed E-state index contributed by atoms with van der Waals surface area (Å²) in [6.07, 6.45) is 0.797. The van der Waals surface area contributed by atoms with Crippen molar-refractivity contribution in [1.29, 1.82) is 0 Å². The summed E-state index contributed by atoms with van der Waals surface area (Å²) in [6, 6.07) is 6.40. The maximum atomic E-state index is 11.6. The zero-order valence-corrected chi connectivity index (χ0v) is 11.2. The third kappa shape index (κ3) is 3.30. The normalized spacial score (nSPS) is 23.5. The second-order valence-corrected chi connectivity index (χ2v) is 7.13. The van der Waals surface area contributed by atoms with Crippen LogP contribution in [0.3, 0.4) is 0 Å². The van der Waals surface area contributed by atoms with Crippen molar-refractivity contribution in [2.75, 3.05) is 18.1 Å². The Bertz CT molecular complexity index is 508. The van der Waals surface area contributed by atoms with Crippen LogP contribution in [0.4, 0.5) is 0 Å². The van der Waals surface area contributed by atoms with Gasteiger partial charge in [0, 0.05) is 12.6 Å². The SMILES string of the molecule is Cc1ccc(CC2CS(=O)(=O)CCN2)c(C)c1. The van der Waals surface area contributed by atoms with Gasteiger partial charge in [0.2, 0.25) is 0 Å². The number of nitrogens with one attached hydrogen (secondary N) is 1. The summed E-state index contributed by atoms with van der Waals surface area (Å²) in [5, 5.41) is 3.29. The van der Waals surface area contributed by atoms with E-state index in [1.165, 1.54) is 16.7 Å². The third-order valence-electron chi connectivity index (χ3n) is 3.27. The van der Waals surface area contributed by atoms with Crippen molar-refractivity contribution in [3.8, 4) is 0 Å². The van der Waals surface area contributed by atoms with Crippen LogP contribution in [-0.4, -0.2) is 32.5 Å². The molecule has 1 N–H and O–H groups in total. The summed E-state index contributed by atoms with van der Waals surface area (Å²) in [6.45, 7) is 4.73. The lowest BCUT2D eigenvalue weighted by molar-refractivity contribution is 0.515. The van der Waals surface area contributed by atoms with Crippen LogP contribution in [0.5, 0.6) is 0 Å². The molecule has 0 amide bonds. The monoisotopic (exact) mass is 253 g/mol. The topological polar surface area (TPSA) is 46.2 Å². The van der Waals surface area contributed by atoms with E-state index in [1.807, 2.05) is 0 Å². The predicted octanol–water partition coefficient (Wildman–Crippen LogP) is 1.23. The molecule has 0 aliphatic carbocycles. The first kappa shape index (κ1) is 12.6. The van der Waals surface area contributed by atoms with Gasteiger partial charge >= 0.3 is 0 Å². The molecule has 0 bridgehead atoms. The van der Waals surface area contributed by atoms with Crippen molar-refractivity contribution in [1.82, 2.24) is 5.32 Å². The molecule has 0 saturated carbocycles.